The molecule has 2 atom stereocenters. The molecule has 0 aliphatic rings. The zero-order valence-electron chi connectivity index (χ0n) is 11.6. The Bertz CT molecular complexity index is 530. The molecule has 106 valence electrons. The van der Waals surface area contributed by atoms with Crippen LogP contribution in [0.2, 0.25) is 0 Å². The SMILES string of the molecule is CCC(N)C(SCc1ccccc1)c1cccc(Br)c1. The fourth-order valence-electron chi connectivity index (χ4n) is 2.12. The summed E-state index contributed by atoms with van der Waals surface area (Å²) < 4.78 is 1.11. The zero-order chi connectivity index (χ0) is 14.4. The molecule has 0 bridgehead atoms. The number of halogens is 1. The Morgan fingerprint density at radius 1 is 1.10 bits per heavy atom. The Morgan fingerprint density at radius 3 is 2.50 bits per heavy atom. The van der Waals surface area contributed by atoms with Gasteiger partial charge in [-0.05, 0) is 29.7 Å². The van der Waals surface area contributed by atoms with Crippen molar-refractivity contribution in [2.45, 2.75) is 30.4 Å². The van der Waals surface area contributed by atoms with Crippen LogP contribution < -0.4 is 5.73 Å². The molecule has 0 spiro atoms. The second-order valence-corrected chi connectivity index (χ2v) is 6.89. The van der Waals surface area contributed by atoms with Crippen molar-refractivity contribution in [1.82, 2.24) is 0 Å². The van der Waals surface area contributed by atoms with Crippen molar-refractivity contribution in [2.75, 3.05) is 0 Å². The average Bonchev–Trinajstić information content (AvgIpc) is 2.48. The topological polar surface area (TPSA) is 26.0 Å². The molecule has 0 saturated heterocycles. The molecule has 0 radical (unpaired) electrons. The van der Waals surface area contributed by atoms with Crippen LogP contribution in [0.1, 0.15) is 29.7 Å². The van der Waals surface area contributed by atoms with Crippen molar-refractivity contribution < 1.29 is 0 Å². The quantitative estimate of drug-likeness (QED) is 0.779. The van der Waals surface area contributed by atoms with E-state index in [-0.39, 0.29) is 6.04 Å². The van der Waals surface area contributed by atoms with Gasteiger partial charge >= 0.3 is 0 Å². The van der Waals surface area contributed by atoms with Crippen LogP contribution in [0.25, 0.3) is 0 Å². The highest BCUT2D eigenvalue weighted by atomic mass is 79.9. The molecule has 20 heavy (non-hydrogen) atoms. The van der Waals surface area contributed by atoms with Gasteiger partial charge in [0.1, 0.15) is 0 Å². The van der Waals surface area contributed by atoms with Crippen molar-refractivity contribution in [2.24, 2.45) is 5.73 Å². The van der Waals surface area contributed by atoms with Crippen molar-refractivity contribution in [3.63, 3.8) is 0 Å². The molecule has 0 heterocycles. The standard InChI is InChI=1S/C17H20BrNS/c1-2-16(19)17(14-9-6-10-15(18)11-14)20-12-13-7-4-3-5-8-13/h3-11,16-17H,2,12,19H2,1H3. The Balaban J connectivity index is 2.12. The minimum atomic E-state index is 0.179. The Morgan fingerprint density at radius 2 is 1.85 bits per heavy atom. The van der Waals surface area contributed by atoms with Gasteiger partial charge in [0.2, 0.25) is 0 Å². The molecule has 0 aliphatic heterocycles. The van der Waals surface area contributed by atoms with Crippen molar-refractivity contribution in [3.8, 4) is 0 Å². The maximum atomic E-state index is 6.33. The number of hydrogen-bond donors (Lipinski definition) is 1. The van der Waals surface area contributed by atoms with Gasteiger partial charge in [-0.15, -0.1) is 11.8 Å². The molecule has 0 aliphatic carbocycles. The lowest BCUT2D eigenvalue weighted by Gasteiger charge is -2.23. The minimum absolute atomic E-state index is 0.179. The monoisotopic (exact) mass is 349 g/mol. The lowest BCUT2D eigenvalue weighted by Crippen LogP contribution is -2.25. The van der Waals surface area contributed by atoms with Crippen molar-refractivity contribution in [1.29, 1.82) is 0 Å². The fourth-order valence-corrected chi connectivity index (χ4v) is 3.89. The predicted octanol–water partition coefficient (Wildman–Crippen LogP) is 5.16. The van der Waals surface area contributed by atoms with Gasteiger partial charge in [0.05, 0.1) is 0 Å². The Labute approximate surface area is 134 Å². The first-order chi connectivity index (χ1) is 9.70. The second-order valence-electron chi connectivity index (χ2n) is 4.84. The van der Waals surface area contributed by atoms with E-state index in [0.717, 1.165) is 16.6 Å². The average molecular weight is 350 g/mol. The largest absolute Gasteiger partial charge is 0.326 e. The fraction of sp³-hybridized carbons (Fsp3) is 0.294. The van der Waals surface area contributed by atoms with Crippen LogP contribution in [-0.4, -0.2) is 6.04 Å². The van der Waals surface area contributed by atoms with Gasteiger partial charge in [0.25, 0.3) is 0 Å². The number of benzene rings is 2. The molecule has 0 amide bonds. The van der Waals surface area contributed by atoms with Crippen molar-refractivity contribution >= 4 is 27.7 Å². The van der Waals surface area contributed by atoms with Gasteiger partial charge in [-0.1, -0.05) is 65.3 Å². The minimum Gasteiger partial charge on any atom is -0.326 e. The Kier molecular flexibility index (Phi) is 6.14. The van der Waals surface area contributed by atoms with E-state index < -0.39 is 0 Å². The normalized spacial score (nSPS) is 13.9. The predicted molar refractivity (Wildman–Crippen MR) is 92.9 cm³/mol. The maximum Gasteiger partial charge on any atom is 0.0451 e. The summed E-state index contributed by atoms with van der Waals surface area (Å²) >= 11 is 5.47. The summed E-state index contributed by atoms with van der Waals surface area (Å²) in [4.78, 5) is 0. The van der Waals surface area contributed by atoms with E-state index in [4.69, 9.17) is 5.73 Å². The molecule has 0 saturated carbocycles. The molecule has 2 unspecified atom stereocenters. The van der Waals surface area contributed by atoms with Gasteiger partial charge in [-0.25, -0.2) is 0 Å². The summed E-state index contributed by atoms with van der Waals surface area (Å²) in [7, 11) is 0. The molecule has 1 nitrogen and oxygen atoms in total. The van der Waals surface area contributed by atoms with Crippen LogP contribution in [0.5, 0.6) is 0 Å². The summed E-state index contributed by atoms with van der Waals surface area (Å²) in [5, 5.41) is 0.331. The molecule has 2 aromatic rings. The van der Waals surface area contributed by atoms with E-state index in [9.17, 15) is 0 Å². The van der Waals surface area contributed by atoms with Gasteiger partial charge < -0.3 is 5.73 Å². The first-order valence-corrected chi connectivity index (χ1v) is 8.71. The summed E-state index contributed by atoms with van der Waals surface area (Å²) in [5.41, 5.74) is 8.98. The smallest absolute Gasteiger partial charge is 0.0451 e. The summed E-state index contributed by atoms with van der Waals surface area (Å²) in [6.45, 7) is 2.15. The number of nitrogens with two attached hydrogens (primary N) is 1. The molecule has 2 N–H and O–H groups in total. The lowest BCUT2D eigenvalue weighted by atomic mass is 10.0. The summed E-state index contributed by atoms with van der Waals surface area (Å²) in [5.74, 6) is 0.992. The van der Waals surface area contributed by atoms with Gasteiger partial charge in [-0.3, -0.25) is 0 Å². The van der Waals surface area contributed by atoms with Gasteiger partial charge in [0.15, 0.2) is 0 Å². The van der Waals surface area contributed by atoms with E-state index in [1.807, 2.05) is 11.8 Å². The first kappa shape index (κ1) is 15.6. The molecule has 3 heteroatoms. The molecular weight excluding hydrogens is 330 g/mol. The number of hydrogen-bond acceptors (Lipinski definition) is 2. The zero-order valence-corrected chi connectivity index (χ0v) is 14.0. The Hall–Kier alpha value is -0.770. The third-order valence-corrected chi connectivity index (χ3v) is 5.28. The van der Waals surface area contributed by atoms with Crippen LogP contribution in [0, 0.1) is 0 Å². The molecule has 0 aromatic heterocycles. The third-order valence-electron chi connectivity index (χ3n) is 3.31. The number of rotatable bonds is 6. The second kappa shape index (κ2) is 7.87. The van der Waals surface area contributed by atoms with Gasteiger partial charge in [-0.2, -0.15) is 0 Å². The van der Waals surface area contributed by atoms with E-state index in [1.54, 1.807) is 0 Å². The van der Waals surface area contributed by atoms with E-state index in [0.29, 0.717) is 5.25 Å². The highest BCUT2D eigenvalue weighted by Crippen LogP contribution is 2.35. The van der Waals surface area contributed by atoms with Crippen LogP contribution in [0.4, 0.5) is 0 Å². The summed E-state index contributed by atoms with van der Waals surface area (Å²) in [6, 6.07) is 19.2. The van der Waals surface area contributed by atoms with E-state index >= 15 is 0 Å². The maximum absolute atomic E-state index is 6.33. The molecular formula is C17H20BrNS. The lowest BCUT2D eigenvalue weighted by molar-refractivity contribution is 0.634. The number of thioether (sulfide) groups is 1. The van der Waals surface area contributed by atoms with Crippen LogP contribution in [0.15, 0.2) is 59.1 Å². The first-order valence-electron chi connectivity index (χ1n) is 6.87. The molecule has 2 rings (SSSR count). The van der Waals surface area contributed by atoms with E-state index in [1.165, 1.54) is 11.1 Å². The van der Waals surface area contributed by atoms with Crippen LogP contribution in [0.3, 0.4) is 0 Å². The van der Waals surface area contributed by atoms with Crippen LogP contribution >= 0.6 is 27.7 Å². The van der Waals surface area contributed by atoms with E-state index in [2.05, 4.69) is 77.5 Å². The highest BCUT2D eigenvalue weighted by Gasteiger charge is 2.19. The molecule has 2 aromatic carbocycles. The van der Waals surface area contributed by atoms with Gasteiger partial charge in [0, 0.05) is 21.5 Å². The highest BCUT2D eigenvalue weighted by molar-refractivity contribution is 9.10. The van der Waals surface area contributed by atoms with Crippen molar-refractivity contribution in [3.05, 3.63) is 70.2 Å². The summed E-state index contributed by atoms with van der Waals surface area (Å²) in [6.07, 6.45) is 0.985. The third kappa shape index (κ3) is 4.37. The van der Waals surface area contributed by atoms with Crippen LogP contribution in [-0.2, 0) is 5.75 Å². The molecule has 0 fully saturated rings.